The van der Waals surface area contributed by atoms with Crippen LogP contribution in [0.1, 0.15) is 52.4 Å². The van der Waals surface area contributed by atoms with Gasteiger partial charge in [-0.2, -0.15) is 0 Å². The summed E-state index contributed by atoms with van der Waals surface area (Å²) in [5, 5.41) is 3.43. The SMILES string of the molecule is CCNC(=NCCCCN1CCC(C)CC1)N1CCN(C(=O)C2CCCO2)CC1.I. The van der Waals surface area contributed by atoms with Crippen molar-refractivity contribution in [1.29, 1.82) is 0 Å². The standard InChI is InChI=1S/C22H41N5O2.HI/c1-3-23-22(24-10-4-5-11-25-12-8-19(2)9-13-25)27-16-14-26(15-17-27)21(28)20-7-6-18-29-20;/h19-20H,3-18H2,1-2H3,(H,23,24);1H. The highest BCUT2D eigenvalue weighted by Gasteiger charge is 2.30. The lowest BCUT2D eigenvalue weighted by molar-refractivity contribution is -0.142. The Bertz CT molecular complexity index is 526. The van der Waals surface area contributed by atoms with Gasteiger partial charge in [-0.3, -0.25) is 9.79 Å². The van der Waals surface area contributed by atoms with Crippen molar-refractivity contribution in [2.24, 2.45) is 10.9 Å². The maximum Gasteiger partial charge on any atom is 0.251 e. The lowest BCUT2D eigenvalue weighted by atomic mass is 9.99. The minimum Gasteiger partial charge on any atom is -0.368 e. The van der Waals surface area contributed by atoms with Crippen LogP contribution in [-0.2, 0) is 9.53 Å². The summed E-state index contributed by atoms with van der Waals surface area (Å²) >= 11 is 0. The van der Waals surface area contributed by atoms with Gasteiger partial charge in [0.25, 0.3) is 5.91 Å². The van der Waals surface area contributed by atoms with Crippen LogP contribution in [0.25, 0.3) is 0 Å². The van der Waals surface area contributed by atoms with Crippen LogP contribution in [0.2, 0.25) is 0 Å². The normalized spacial score (nSPS) is 24.1. The van der Waals surface area contributed by atoms with Crippen LogP contribution in [-0.4, -0.2) is 98.2 Å². The highest BCUT2D eigenvalue weighted by atomic mass is 127. The summed E-state index contributed by atoms with van der Waals surface area (Å²) in [7, 11) is 0. The molecule has 3 aliphatic rings. The van der Waals surface area contributed by atoms with Gasteiger partial charge >= 0.3 is 0 Å². The molecule has 8 heteroatoms. The van der Waals surface area contributed by atoms with Crippen molar-refractivity contribution in [3.05, 3.63) is 0 Å². The zero-order valence-corrected chi connectivity index (χ0v) is 21.3. The fourth-order valence-electron chi connectivity index (χ4n) is 4.46. The van der Waals surface area contributed by atoms with Crippen molar-refractivity contribution in [3.8, 4) is 0 Å². The molecule has 0 radical (unpaired) electrons. The zero-order chi connectivity index (χ0) is 20.5. The number of aliphatic imine (C=N–C) groups is 1. The Morgan fingerprint density at radius 3 is 2.37 bits per heavy atom. The molecule has 3 aliphatic heterocycles. The van der Waals surface area contributed by atoms with Gasteiger partial charge in [0.1, 0.15) is 6.10 Å². The third kappa shape index (κ3) is 7.82. The Hall–Kier alpha value is -0.610. The molecule has 0 bridgehead atoms. The molecule has 1 amide bonds. The van der Waals surface area contributed by atoms with Crippen LogP contribution in [0.3, 0.4) is 0 Å². The van der Waals surface area contributed by atoms with Gasteiger partial charge in [-0.15, -0.1) is 24.0 Å². The lowest BCUT2D eigenvalue weighted by Crippen LogP contribution is -2.55. The smallest absolute Gasteiger partial charge is 0.251 e. The number of likely N-dealkylation sites (tertiary alicyclic amines) is 1. The van der Waals surface area contributed by atoms with Crippen molar-refractivity contribution in [3.63, 3.8) is 0 Å². The van der Waals surface area contributed by atoms with Crippen LogP contribution in [0.4, 0.5) is 0 Å². The van der Waals surface area contributed by atoms with E-state index in [2.05, 4.69) is 29.0 Å². The van der Waals surface area contributed by atoms with Gasteiger partial charge in [-0.25, -0.2) is 0 Å². The number of piperidine rings is 1. The first kappa shape index (κ1) is 25.6. The molecule has 1 N–H and O–H groups in total. The molecule has 1 atom stereocenters. The molecule has 30 heavy (non-hydrogen) atoms. The van der Waals surface area contributed by atoms with Gasteiger partial charge in [-0.05, 0) is 71.0 Å². The average molecular weight is 536 g/mol. The van der Waals surface area contributed by atoms with E-state index in [0.29, 0.717) is 0 Å². The van der Waals surface area contributed by atoms with E-state index in [9.17, 15) is 4.79 Å². The Labute approximate surface area is 200 Å². The maximum absolute atomic E-state index is 12.5. The molecule has 1 unspecified atom stereocenters. The van der Waals surface area contributed by atoms with Crippen LogP contribution in [0.5, 0.6) is 0 Å². The van der Waals surface area contributed by atoms with Gasteiger partial charge in [-0.1, -0.05) is 6.92 Å². The first-order valence-corrected chi connectivity index (χ1v) is 11.8. The van der Waals surface area contributed by atoms with E-state index in [1.807, 2.05) is 4.90 Å². The van der Waals surface area contributed by atoms with E-state index in [4.69, 9.17) is 9.73 Å². The highest BCUT2D eigenvalue weighted by Crippen LogP contribution is 2.17. The van der Waals surface area contributed by atoms with Crippen LogP contribution in [0, 0.1) is 5.92 Å². The second-order valence-electron chi connectivity index (χ2n) is 8.78. The molecule has 3 heterocycles. The Balaban J connectivity index is 0.00000320. The number of amides is 1. The number of nitrogens with zero attached hydrogens (tertiary/aromatic N) is 4. The van der Waals surface area contributed by atoms with E-state index in [0.717, 1.165) is 77.0 Å². The summed E-state index contributed by atoms with van der Waals surface area (Å²) < 4.78 is 5.56. The van der Waals surface area contributed by atoms with Gasteiger partial charge in [0.15, 0.2) is 5.96 Å². The molecule has 0 aromatic heterocycles. The van der Waals surface area contributed by atoms with Gasteiger partial charge in [0.05, 0.1) is 0 Å². The second-order valence-corrected chi connectivity index (χ2v) is 8.78. The Morgan fingerprint density at radius 1 is 1.03 bits per heavy atom. The molecule has 3 fully saturated rings. The second kappa shape index (κ2) is 13.7. The molecule has 0 saturated carbocycles. The van der Waals surface area contributed by atoms with Crippen molar-refractivity contribution in [2.45, 2.75) is 58.5 Å². The fraction of sp³-hybridized carbons (Fsp3) is 0.909. The van der Waals surface area contributed by atoms with E-state index >= 15 is 0 Å². The molecule has 3 rings (SSSR count). The summed E-state index contributed by atoms with van der Waals surface area (Å²) in [4.78, 5) is 24.3. The summed E-state index contributed by atoms with van der Waals surface area (Å²) in [6.45, 7) is 13.9. The Morgan fingerprint density at radius 2 is 1.73 bits per heavy atom. The number of carbonyl (C=O) groups excluding carboxylic acids is 1. The van der Waals surface area contributed by atoms with E-state index in [1.54, 1.807) is 0 Å². The number of carbonyl (C=O) groups is 1. The number of halogens is 1. The molecule has 0 aromatic rings. The molecule has 0 aliphatic carbocycles. The number of hydrogen-bond acceptors (Lipinski definition) is 4. The molecule has 3 saturated heterocycles. The number of hydrogen-bond donors (Lipinski definition) is 1. The summed E-state index contributed by atoms with van der Waals surface area (Å²) in [5.41, 5.74) is 0. The monoisotopic (exact) mass is 535 g/mol. The largest absolute Gasteiger partial charge is 0.368 e. The van der Waals surface area contributed by atoms with Crippen molar-refractivity contribution in [2.75, 3.05) is 65.5 Å². The zero-order valence-electron chi connectivity index (χ0n) is 19.0. The molecule has 0 aromatic carbocycles. The van der Waals surface area contributed by atoms with Crippen LogP contribution in [0.15, 0.2) is 4.99 Å². The summed E-state index contributed by atoms with van der Waals surface area (Å²) in [6, 6.07) is 0. The molecular weight excluding hydrogens is 493 g/mol. The quantitative estimate of drug-likeness (QED) is 0.235. The first-order chi connectivity index (χ1) is 14.2. The van der Waals surface area contributed by atoms with Crippen molar-refractivity contribution < 1.29 is 9.53 Å². The molecule has 174 valence electrons. The van der Waals surface area contributed by atoms with Gasteiger partial charge in [0, 0.05) is 45.9 Å². The molecule has 7 nitrogen and oxygen atoms in total. The predicted octanol–water partition coefficient (Wildman–Crippen LogP) is 2.41. The van der Waals surface area contributed by atoms with Crippen LogP contribution >= 0.6 is 24.0 Å². The third-order valence-electron chi connectivity index (χ3n) is 6.45. The number of ether oxygens (including phenoxy) is 1. The Kier molecular flexibility index (Phi) is 11.7. The number of rotatable bonds is 7. The average Bonchev–Trinajstić information content (AvgIpc) is 3.29. The number of nitrogens with one attached hydrogen (secondary N) is 1. The minimum atomic E-state index is -0.202. The van der Waals surface area contributed by atoms with Crippen molar-refractivity contribution in [1.82, 2.24) is 20.0 Å². The number of piperazine rings is 1. The molecular formula is C22H42IN5O2. The number of guanidine groups is 1. The van der Waals surface area contributed by atoms with E-state index < -0.39 is 0 Å². The lowest BCUT2D eigenvalue weighted by Gasteiger charge is -2.37. The summed E-state index contributed by atoms with van der Waals surface area (Å²) in [5.74, 6) is 2.08. The maximum atomic E-state index is 12.5. The van der Waals surface area contributed by atoms with Crippen LogP contribution < -0.4 is 5.32 Å². The van der Waals surface area contributed by atoms with E-state index in [-0.39, 0.29) is 36.0 Å². The molecule has 0 spiro atoms. The minimum absolute atomic E-state index is 0. The first-order valence-electron chi connectivity index (χ1n) is 11.8. The van der Waals surface area contributed by atoms with Gasteiger partial charge < -0.3 is 24.8 Å². The third-order valence-corrected chi connectivity index (χ3v) is 6.45. The predicted molar refractivity (Wildman–Crippen MR) is 133 cm³/mol. The van der Waals surface area contributed by atoms with Crippen molar-refractivity contribution >= 4 is 35.8 Å². The summed E-state index contributed by atoms with van der Waals surface area (Å²) in [6.07, 6.45) is 6.74. The van der Waals surface area contributed by atoms with E-state index in [1.165, 1.54) is 38.9 Å². The highest BCUT2D eigenvalue weighted by molar-refractivity contribution is 14.0. The van der Waals surface area contributed by atoms with Gasteiger partial charge in [0.2, 0.25) is 0 Å². The topological polar surface area (TPSA) is 60.4 Å². The number of unbranched alkanes of at least 4 members (excludes halogenated alkanes) is 1. The fourth-order valence-corrected chi connectivity index (χ4v) is 4.46.